The number of esters is 1. The van der Waals surface area contributed by atoms with E-state index in [0.29, 0.717) is 11.4 Å². The number of aromatic nitrogens is 1. The number of rotatable bonds is 6. The van der Waals surface area contributed by atoms with E-state index in [2.05, 4.69) is 10.3 Å². The minimum Gasteiger partial charge on any atom is -0.468 e. The maximum absolute atomic E-state index is 13.1. The molecule has 1 atom stereocenters. The normalized spacial score (nSPS) is 11.9. The van der Waals surface area contributed by atoms with Crippen molar-refractivity contribution in [3.8, 4) is 0 Å². The van der Waals surface area contributed by atoms with Crippen molar-refractivity contribution in [2.45, 2.75) is 13.0 Å². The largest absolute Gasteiger partial charge is 0.468 e. The standard InChI is InChI=1S/C18H20FN3O3/c1-12-4-9-15(20-10-12)21-16(23)11-22(2)17(18(24)25-3)13-5-7-14(19)8-6-13/h4-10,17H,11H2,1-3H3,(H,20,21,23)/t17-/m1/s1. The van der Waals surface area contributed by atoms with Gasteiger partial charge in [0, 0.05) is 6.20 Å². The fourth-order valence-corrected chi connectivity index (χ4v) is 2.37. The van der Waals surface area contributed by atoms with Crippen LogP contribution >= 0.6 is 0 Å². The molecule has 0 saturated heterocycles. The van der Waals surface area contributed by atoms with E-state index >= 15 is 0 Å². The Bertz CT molecular complexity index is 732. The van der Waals surface area contributed by atoms with Gasteiger partial charge in [-0.3, -0.25) is 9.69 Å². The quantitative estimate of drug-likeness (QED) is 0.814. The fourth-order valence-electron chi connectivity index (χ4n) is 2.37. The van der Waals surface area contributed by atoms with E-state index in [1.807, 2.05) is 13.0 Å². The second kappa shape index (κ2) is 8.34. The zero-order valence-corrected chi connectivity index (χ0v) is 14.3. The molecule has 0 fully saturated rings. The van der Waals surface area contributed by atoms with Crippen LogP contribution in [0.25, 0.3) is 0 Å². The zero-order valence-electron chi connectivity index (χ0n) is 14.3. The number of hydrogen-bond donors (Lipinski definition) is 1. The van der Waals surface area contributed by atoms with E-state index in [1.165, 1.54) is 36.3 Å². The van der Waals surface area contributed by atoms with E-state index in [-0.39, 0.29) is 12.5 Å². The Hall–Kier alpha value is -2.80. The van der Waals surface area contributed by atoms with Crippen LogP contribution in [0.3, 0.4) is 0 Å². The van der Waals surface area contributed by atoms with E-state index in [9.17, 15) is 14.0 Å². The second-order valence-corrected chi connectivity index (χ2v) is 5.66. The molecule has 0 spiro atoms. The molecule has 6 nitrogen and oxygen atoms in total. The predicted octanol–water partition coefficient (Wildman–Crippen LogP) is 2.31. The third-order valence-electron chi connectivity index (χ3n) is 3.62. The maximum Gasteiger partial charge on any atom is 0.327 e. The molecule has 0 aliphatic rings. The molecule has 1 heterocycles. The van der Waals surface area contributed by atoms with E-state index in [0.717, 1.165) is 5.56 Å². The summed E-state index contributed by atoms with van der Waals surface area (Å²) >= 11 is 0. The van der Waals surface area contributed by atoms with Gasteiger partial charge in [-0.2, -0.15) is 0 Å². The van der Waals surface area contributed by atoms with Crippen LogP contribution < -0.4 is 5.32 Å². The van der Waals surface area contributed by atoms with Crippen LogP contribution in [0.15, 0.2) is 42.6 Å². The number of anilines is 1. The van der Waals surface area contributed by atoms with Gasteiger partial charge in [0.1, 0.15) is 17.7 Å². The van der Waals surface area contributed by atoms with Crippen molar-refractivity contribution >= 4 is 17.7 Å². The Balaban J connectivity index is 2.09. The number of ether oxygens (including phenoxy) is 1. The van der Waals surface area contributed by atoms with Crippen molar-refractivity contribution in [1.29, 1.82) is 0 Å². The molecule has 0 unspecified atom stereocenters. The molecule has 7 heteroatoms. The van der Waals surface area contributed by atoms with Gasteiger partial charge in [0.25, 0.3) is 0 Å². The third kappa shape index (κ3) is 5.09. The van der Waals surface area contributed by atoms with Gasteiger partial charge in [-0.15, -0.1) is 0 Å². The second-order valence-electron chi connectivity index (χ2n) is 5.66. The Morgan fingerprint density at radius 2 is 1.92 bits per heavy atom. The molecule has 0 radical (unpaired) electrons. The van der Waals surface area contributed by atoms with Gasteiger partial charge in [0.15, 0.2) is 0 Å². The lowest BCUT2D eigenvalue weighted by Crippen LogP contribution is -2.37. The number of benzene rings is 1. The minimum atomic E-state index is -0.817. The topological polar surface area (TPSA) is 71.5 Å². The summed E-state index contributed by atoms with van der Waals surface area (Å²) < 4.78 is 17.9. The number of methoxy groups -OCH3 is 1. The molecule has 2 rings (SSSR count). The number of halogens is 1. The lowest BCUT2D eigenvalue weighted by atomic mass is 10.1. The van der Waals surface area contributed by atoms with Gasteiger partial charge >= 0.3 is 5.97 Å². The molecule has 25 heavy (non-hydrogen) atoms. The number of hydrogen-bond acceptors (Lipinski definition) is 5. The van der Waals surface area contributed by atoms with Crippen molar-refractivity contribution in [3.63, 3.8) is 0 Å². The number of nitrogens with zero attached hydrogens (tertiary/aromatic N) is 2. The van der Waals surface area contributed by atoms with Gasteiger partial charge < -0.3 is 10.1 Å². The van der Waals surface area contributed by atoms with Crippen LogP contribution in [0, 0.1) is 12.7 Å². The molecule has 1 aromatic heterocycles. The zero-order chi connectivity index (χ0) is 18.4. The summed E-state index contributed by atoms with van der Waals surface area (Å²) in [4.78, 5) is 30.0. The first-order chi connectivity index (χ1) is 11.9. The number of nitrogens with one attached hydrogen (secondary N) is 1. The molecule has 0 saturated carbocycles. The van der Waals surface area contributed by atoms with Crippen LogP contribution in [0.2, 0.25) is 0 Å². The molecule has 1 N–H and O–H groups in total. The van der Waals surface area contributed by atoms with Gasteiger partial charge in [-0.05, 0) is 43.3 Å². The maximum atomic E-state index is 13.1. The molecule has 0 aliphatic heterocycles. The molecular weight excluding hydrogens is 325 g/mol. The van der Waals surface area contributed by atoms with Crippen molar-refractivity contribution in [2.75, 3.05) is 26.0 Å². The first-order valence-electron chi connectivity index (χ1n) is 7.66. The van der Waals surface area contributed by atoms with Crippen LogP contribution in [-0.4, -0.2) is 42.5 Å². The van der Waals surface area contributed by atoms with Crippen molar-refractivity contribution in [1.82, 2.24) is 9.88 Å². The average molecular weight is 345 g/mol. The summed E-state index contributed by atoms with van der Waals surface area (Å²) in [6.07, 6.45) is 1.65. The van der Waals surface area contributed by atoms with Gasteiger partial charge in [-0.25, -0.2) is 14.2 Å². The van der Waals surface area contributed by atoms with Crippen LogP contribution in [-0.2, 0) is 14.3 Å². The van der Waals surface area contributed by atoms with Crippen molar-refractivity contribution < 1.29 is 18.7 Å². The number of carbonyl (C=O) groups is 2. The number of likely N-dealkylation sites (N-methyl/N-ethyl adjacent to an activating group) is 1. The molecular formula is C18H20FN3O3. The summed E-state index contributed by atoms with van der Waals surface area (Å²) in [5.41, 5.74) is 1.52. The highest BCUT2D eigenvalue weighted by atomic mass is 19.1. The predicted molar refractivity (Wildman–Crippen MR) is 91.4 cm³/mol. The fraction of sp³-hybridized carbons (Fsp3) is 0.278. The van der Waals surface area contributed by atoms with Gasteiger partial charge in [0.05, 0.1) is 13.7 Å². The van der Waals surface area contributed by atoms with Gasteiger partial charge in [0.2, 0.25) is 5.91 Å². The Morgan fingerprint density at radius 1 is 1.24 bits per heavy atom. The highest BCUT2D eigenvalue weighted by Crippen LogP contribution is 2.21. The number of amides is 1. The van der Waals surface area contributed by atoms with Crippen molar-refractivity contribution in [2.24, 2.45) is 0 Å². The lowest BCUT2D eigenvalue weighted by Gasteiger charge is -2.25. The number of aryl methyl sites for hydroxylation is 1. The number of pyridine rings is 1. The molecule has 0 aliphatic carbocycles. The molecule has 0 bridgehead atoms. The minimum absolute atomic E-state index is 0.0628. The summed E-state index contributed by atoms with van der Waals surface area (Å²) in [6.45, 7) is 1.84. The molecule has 132 valence electrons. The number of carbonyl (C=O) groups excluding carboxylic acids is 2. The van der Waals surface area contributed by atoms with E-state index in [4.69, 9.17) is 4.74 Å². The summed E-state index contributed by atoms with van der Waals surface area (Å²) in [6, 6.07) is 8.22. The SMILES string of the molecule is COC(=O)[C@@H](c1ccc(F)cc1)N(C)CC(=O)Nc1ccc(C)cn1. The Labute approximate surface area is 145 Å². The summed E-state index contributed by atoms with van der Waals surface area (Å²) in [7, 11) is 2.89. The summed E-state index contributed by atoms with van der Waals surface area (Å²) in [5.74, 6) is -0.830. The van der Waals surface area contributed by atoms with Crippen LogP contribution in [0.1, 0.15) is 17.2 Å². The average Bonchev–Trinajstić information content (AvgIpc) is 2.58. The first kappa shape index (κ1) is 18.5. The lowest BCUT2D eigenvalue weighted by molar-refractivity contribution is -0.147. The summed E-state index contributed by atoms with van der Waals surface area (Å²) in [5, 5.41) is 2.67. The highest BCUT2D eigenvalue weighted by molar-refractivity contribution is 5.91. The molecule has 2 aromatic rings. The van der Waals surface area contributed by atoms with E-state index in [1.54, 1.807) is 19.3 Å². The van der Waals surface area contributed by atoms with Gasteiger partial charge in [-0.1, -0.05) is 18.2 Å². The Morgan fingerprint density at radius 3 is 2.48 bits per heavy atom. The first-order valence-corrected chi connectivity index (χ1v) is 7.66. The molecule has 1 aromatic carbocycles. The van der Waals surface area contributed by atoms with Crippen molar-refractivity contribution in [3.05, 3.63) is 59.5 Å². The third-order valence-corrected chi connectivity index (χ3v) is 3.62. The van der Waals surface area contributed by atoms with E-state index < -0.39 is 17.8 Å². The highest BCUT2D eigenvalue weighted by Gasteiger charge is 2.27. The van der Waals surface area contributed by atoms with Crippen LogP contribution in [0.5, 0.6) is 0 Å². The smallest absolute Gasteiger partial charge is 0.327 e. The monoisotopic (exact) mass is 345 g/mol. The van der Waals surface area contributed by atoms with Crippen LogP contribution in [0.4, 0.5) is 10.2 Å². The Kier molecular flexibility index (Phi) is 6.19. The molecule has 1 amide bonds.